The summed E-state index contributed by atoms with van der Waals surface area (Å²) in [6, 6.07) is 1.02. The van der Waals surface area contributed by atoms with Crippen LogP contribution in [0.2, 0.25) is 0 Å². The van der Waals surface area contributed by atoms with E-state index in [0.29, 0.717) is 4.47 Å². The Bertz CT molecular complexity index is 372. The maximum atomic E-state index is 12.7. The Hall–Kier alpha value is 0.0600. The average molecular weight is 335 g/mol. The zero-order chi connectivity index (χ0) is 12.3. The van der Waals surface area contributed by atoms with Gasteiger partial charge in [-0.25, -0.2) is 4.98 Å². The van der Waals surface area contributed by atoms with Crippen molar-refractivity contribution in [3.8, 4) is 0 Å². The molecule has 1 atom stereocenters. The molecule has 0 bridgehead atoms. The molecule has 1 aromatic rings. The zero-order valence-corrected chi connectivity index (χ0v) is 11.3. The van der Waals surface area contributed by atoms with Crippen molar-refractivity contribution in [2.45, 2.75) is 23.4 Å². The minimum Gasteiger partial charge on any atom is -0.248 e. The fraction of sp³-hybridized carbons (Fsp3) is 0.444. The van der Waals surface area contributed by atoms with Crippen LogP contribution in [0.1, 0.15) is 12.5 Å². The van der Waals surface area contributed by atoms with Crippen molar-refractivity contribution in [3.05, 3.63) is 22.3 Å². The van der Waals surface area contributed by atoms with Crippen molar-refractivity contribution in [2.75, 3.05) is 5.88 Å². The highest BCUT2D eigenvalue weighted by Crippen LogP contribution is 2.38. The molecule has 16 heavy (non-hydrogen) atoms. The van der Waals surface area contributed by atoms with Crippen molar-refractivity contribution in [1.29, 1.82) is 0 Å². The first kappa shape index (κ1) is 14.1. The Labute approximate surface area is 109 Å². The average Bonchev–Trinajstić information content (AvgIpc) is 2.19. The molecule has 0 aliphatic carbocycles. The third-order valence-electron chi connectivity index (χ3n) is 1.65. The number of rotatable bonds is 3. The van der Waals surface area contributed by atoms with Crippen molar-refractivity contribution < 1.29 is 13.2 Å². The van der Waals surface area contributed by atoms with E-state index in [2.05, 4.69) is 20.9 Å². The Balaban J connectivity index is 3.08. The third-order valence-corrected chi connectivity index (χ3v) is 3.85. The van der Waals surface area contributed by atoms with E-state index in [9.17, 15) is 13.2 Å². The van der Waals surface area contributed by atoms with Crippen molar-refractivity contribution in [2.24, 2.45) is 0 Å². The number of pyridine rings is 1. The molecule has 1 nitrogen and oxygen atoms in total. The molecule has 0 aromatic carbocycles. The van der Waals surface area contributed by atoms with Crippen LogP contribution < -0.4 is 0 Å². The van der Waals surface area contributed by atoms with Gasteiger partial charge in [-0.3, -0.25) is 0 Å². The third kappa shape index (κ3) is 3.82. The molecule has 7 heteroatoms. The van der Waals surface area contributed by atoms with Gasteiger partial charge in [0.25, 0.3) is 0 Å². The van der Waals surface area contributed by atoms with Gasteiger partial charge in [-0.15, -0.1) is 23.4 Å². The van der Waals surface area contributed by atoms with Crippen LogP contribution >= 0.6 is 39.3 Å². The van der Waals surface area contributed by atoms with E-state index < -0.39 is 11.7 Å². The molecule has 1 aromatic heterocycles. The van der Waals surface area contributed by atoms with Crippen LogP contribution in [0.3, 0.4) is 0 Å². The second kappa shape index (κ2) is 5.60. The van der Waals surface area contributed by atoms with Crippen LogP contribution in [0.25, 0.3) is 0 Å². The van der Waals surface area contributed by atoms with Crippen molar-refractivity contribution >= 4 is 39.3 Å². The van der Waals surface area contributed by atoms with Gasteiger partial charge in [0.2, 0.25) is 0 Å². The summed E-state index contributed by atoms with van der Waals surface area (Å²) in [6.07, 6.45) is -3.05. The fourth-order valence-corrected chi connectivity index (χ4v) is 2.33. The molecule has 0 radical (unpaired) electrons. The number of nitrogens with zero attached hydrogens (tertiary/aromatic N) is 1. The maximum Gasteiger partial charge on any atom is 0.419 e. The van der Waals surface area contributed by atoms with E-state index in [0.717, 1.165) is 17.8 Å². The summed E-state index contributed by atoms with van der Waals surface area (Å²) < 4.78 is 38.3. The van der Waals surface area contributed by atoms with Gasteiger partial charge in [0.1, 0.15) is 5.03 Å². The lowest BCUT2D eigenvalue weighted by molar-refractivity contribution is -0.140. The summed E-state index contributed by atoms with van der Waals surface area (Å²) in [4.78, 5) is 3.77. The summed E-state index contributed by atoms with van der Waals surface area (Å²) in [5, 5.41) is -0.153. The molecule has 0 saturated heterocycles. The van der Waals surface area contributed by atoms with Gasteiger partial charge in [-0.2, -0.15) is 13.2 Å². The second-order valence-electron chi connectivity index (χ2n) is 3.09. The highest BCUT2D eigenvalue weighted by molar-refractivity contribution is 9.10. The smallest absolute Gasteiger partial charge is 0.248 e. The lowest BCUT2D eigenvalue weighted by atomic mass is 10.3. The predicted molar refractivity (Wildman–Crippen MR) is 63.0 cm³/mol. The summed E-state index contributed by atoms with van der Waals surface area (Å²) in [5.74, 6) is 0.277. The summed E-state index contributed by atoms with van der Waals surface area (Å²) in [6.45, 7) is 1.75. The number of alkyl halides is 4. The molecule has 1 unspecified atom stereocenters. The number of hydrogen-bond donors (Lipinski definition) is 0. The van der Waals surface area contributed by atoms with E-state index in [-0.39, 0.29) is 16.2 Å². The quantitative estimate of drug-likeness (QED) is 0.593. The molecule has 0 aliphatic heterocycles. The molecule has 0 spiro atoms. The predicted octanol–water partition coefficient (Wildman–Crippen LogP) is 4.58. The number of thioether (sulfide) groups is 1. The highest BCUT2D eigenvalue weighted by Gasteiger charge is 2.35. The van der Waals surface area contributed by atoms with E-state index in [1.54, 1.807) is 6.92 Å². The van der Waals surface area contributed by atoms with Crippen LogP contribution in [-0.4, -0.2) is 16.1 Å². The van der Waals surface area contributed by atoms with Gasteiger partial charge < -0.3 is 0 Å². The Morgan fingerprint density at radius 2 is 2.19 bits per heavy atom. The summed E-state index contributed by atoms with van der Waals surface area (Å²) in [5.41, 5.74) is -0.733. The Kier molecular flexibility index (Phi) is 4.94. The summed E-state index contributed by atoms with van der Waals surface area (Å²) >= 11 is 9.56. The lowest BCUT2D eigenvalue weighted by Gasteiger charge is -2.13. The molecule has 0 amide bonds. The minimum absolute atomic E-state index is 0.0381. The molecule has 1 heterocycles. The SMILES string of the molecule is CC(CCl)Sc1ncc(Br)cc1C(F)(F)F. The molecular weight excluding hydrogens is 327 g/mol. The van der Waals surface area contributed by atoms with Crippen molar-refractivity contribution in [1.82, 2.24) is 4.98 Å². The number of hydrogen-bond acceptors (Lipinski definition) is 2. The van der Waals surface area contributed by atoms with Crippen LogP contribution in [0, 0.1) is 0 Å². The fourth-order valence-electron chi connectivity index (χ4n) is 0.946. The molecule has 0 fully saturated rings. The number of halogens is 5. The topological polar surface area (TPSA) is 12.9 Å². The molecule has 0 N–H and O–H groups in total. The number of aromatic nitrogens is 1. The molecule has 1 rings (SSSR count). The van der Waals surface area contributed by atoms with E-state index in [1.807, 2.05) is 0 Å². The van der Waals surface area contributed by atoms with E-state index in [1.165, 1.54) is 6.20 Å². The molecule has 0 aliphatic rings. The van der Waals surface area contributed by atoms with Gasteiger partial charge in [0.05, 0.1) is 5.56 Å². The normalized spacial score (nSPS) is 13.9. The highest BCUT2D eigenvalue weighted by atomic mass is 79.9. The van der Waals surface area contributed by atoms with Crippen molar-refractivity contribution in [3.63, 3.8) is 0 Å². The van der Waals surface area contributed by atoms with Crippen LogP contribution in [0.4, 0.5) is 13.2 Å². The minimum atomic E-state index is -4.40. The largest absolute Gasteiger partial charge is 0.419 e. The zero-order valence-electron chi connectivity index (χ0n) is 8.18. The summed E-state index contributed by atoms with van der Waals surface area (Å²) in [7, 11) is 0. The lowest BCUT2D eigenvalue weighted by Crippen LogP contribution is -2.10. The second-order valence-corrected chi connectivity index (χ2v) is 5.74. The van der Waals surface area contributed by atoms with Gasteiger partial charge in [0.15, 0.2) is 0 Å². The maximum absolute atomic E-state index is 12.7. The molecule has 90 valence electrons. The molecular formula is C9H8BrClF3NS. The standard InChI is InChI=1S/C9H8BrClF3NS/c1-5(3-11)16-8-7(9(12,13)14)2-6(10)4-15-8/h2,4-5H,3H2,1H3. The van der Waals surface area contributed by atoms with Gasteiger partial charge in [0, 0.05) is 21.8 Å². The van der Waals surface area contributed by atoms with Gasteiger partial charge in [-0.05, 0) is 22.0 Å². The first-order valence-corrected chi connectivity index (χ1v) is 6.50. The van der Waals surface area contributed by atoms with Crippen LogP contribution in [-0.2, 0) is 6.18 Å². The van der Waals surface area contributed by atoms with Gasteiger partial charge in [-0.1, -0.05) is 6.92 Å². The van der Waals surface area contributed by atoms with Gasteiger partial charge >= 0.3 is 6.18 Å². The monoisotopic (exact) mass is 333 g/mol. The van der Waals surface area contributed by atoms with E-state index >= 15 is 0 Å². The Morgan fingerprint density at radius 3 is 2.69 bits per heavy atom. The van der Waals surface area contributed by atoms with Crippen LogP contribution in [0.15, 0.2) is 21.8 Å². The van der Waals surface area contributed by atoms with E-state index in [4.69, 9.17) is 11.6 Å². The first-order chi connectivity index (χ1) is 7.34. The first-order valence-electron chi connectivity index (χ1n) is 4.30. The molecule has 0 saturated carbocycles. The Morgan fingerprint density at radius 1 is 1.56 bits per heavy atom. The van der Waals surface area contributed by atoms with Crippen LogP contribution in [0.5, 0.6) is 0 Å².